The molecule has 0 radical (unpaired) electrons. The van der Waals surface area contributed by atoms with E-state index in [0.717, 1.165) is 32.0 Å². The van der Waals surface area contributed by atoms with E-state index < -0.39 is 5.92 Å². The summed E-state index contributed by atoms with van der Waals surface area (Å²) in [4.78, 5) is 3.71. The number of hydrogen-bond acceptors (Lipinski definition) is 2. The molecule has 0 atom stereocenters. The van der Waals surface area contributed by atoms with Crippen molar-refractivity contribution in [3.63, 3.8) is 0 Å². The topological polar surface area (TPSA) is 30.7 Å². The molecule has 0 amide bonds. The van der Waals surface area contributed by atoms with Crippen LogP contribution in [0.1, 0.15) is 24.7 Å². The fourth-order valence-electron chi connectivity index (χ4n) is 2.23. The van der Waals surface area contributed by atoms with Gasteiger partial charge in [-0.1, -0.05) is 0 Å². The minimum atomic E-state index is -2.92. The number of aryl methyl sites for hydroxylation is 2. The van der Waals surface area contributed by atoms with Crippen molar-refractivity contribution in [2.24, 2.45) is 0 Å². The Hall–Kier alpha value is -1.78. The average Bonchev–Trinajstić information content (AvgIpc) is 2.88. The molecule has 18 heavy (non-hydrogen) atoms. The smallest absolute Gasteiger partial charge is 0.269 e. The van der Waals surface area contributed by atoms with Gasteiger partial charge in [0, 0.05) is 30.9 Å². The third kappa shape index (κ3) is 1.89. The Bertz CT molecular complexity index is 563. The fraction of sp³-hybridized carbons (Fsp3) is 0.385. The van der Waals surface area contributed by atoms with Gasteiger partial charge in [-0.2, -0.15) is 13.9 Å². The highest BCUT2D eigenvalue weighted by atomic mass is 19.3. The Kier molecular flexibility index (Phi) is 2.43. The zero-order valence-electron chi connectivity index (χ0n) is 10.0. The van der Waals surface area contributed by atoms with Gasteiger partial charge in [-0.15, -0.1) is 0 Å². The minimum absolute atomic E-state index is 0.215. The molecular formula is C13H13F2N3. The predicted octanol–water partition coefficient (Wildman–Crippen LogP) is 3.00. The molecule has 94 valence electrons. The molecule has 0 aromatic carbocycles. The van der Waals surface area contributed by atoms with E-state index >= 15 is 0 Å². The van der Waals surface area contributed by atoms with Crippen LogP contribution in [0.25, 0.3) is 11.3 Å². The molecule has 2 aromatic heterocycles. The number of nitrogens with zero attached hydrogens (tertiary/aromatic N) is 3. The van der Waals surface area contributed by atoms with Crippen molar-refractivity contribution in [1.29, 1.82) is 0 Å². The number of pyridine rings is 1. The molecule has 3 rings (SSSR count). The monoisotopic (exact) mass is 249 g/mol. The van der Waals surface area contributed by atoms with Crippen LogP contribution in [0.2, 0.25) is 0 Å². The van der Waals surface area contributed by atoms with E-state index in [1.54, 1.807) is 6.07 Å². The SMILES string of the molecule is CC(F)(F)c1cc(-c2cc3n(n2)CCC3)ccn1. The van der Waals surface area contributed by atoms with Gasteiger partial charge in [-0.25, -0.2) is 0 Å². The summed E-state index contributed by atoms with van der Waals surface area (Å²) in [5, 5.41) is 4.43. The second kappa shape index (κ2) is 3.86. The van der Waals surface area contributed by atoms with Crippen LogP contribution in [0.3, 0.4) is 0 Å². The maximum absolute atomic E-state index is 13.2. The lowest BCUT2D eigenvalue weighted by molar-refractivity contribution is 0.0128. The summed E-state index contributed by atoms with van der Waals surface area (Å²) < 4.78 is 28.4. The van der Waals surface area contributed by atoms with Gasteiger partial charge in [0.2, 0.25) is 0 Å². The number of rotatable bonds is 2. The van der Waals surface area contributed by atoms with E-state index in [4.69, 9.17) is 0 Å². The molecule has 1 aliphatic heterocycles. The van der Waals surface area contributed by atoms with Gasteiger partial charge in [0.25, 0.3) is 5.92 Å². The van der Waals surface area contributed by atoms with Crippen molar-refractivity contribution >= 4 is 0 Å². The van der Waals surface area contributed by atoms with E-state index in [1.165, 1.54) is 18.0 Å². The van der Waals surface area contributed by atoms with Crippen LogP contribution >= 0.6 is 0 Å². The lowest BCUT2D eigenvalue weighted by atomic mass is 10.1. The number of aromatic nitrogens is 3. The van der Waals surface area contributed by atoms with Crippen LogP contribution in [-0.4, -0.2) is 14.8 Å². The summed E-state index contributed by atoms with van der Waals surface area (Å²) in [6, 6.07) is 5.10. The van der Waals surface area contributed by atoms with E-state index in [-0.39, 0.29) is 5.69 Å². The predicted molar refractivity (Wildman–Crippen MR) is 63.3 cm³/mol. The van der Waals surface area contributed by atoms with Gasteiger partial charge in [0.05, 0.1) is 5.69 Å². The van der Waals surface area contributed by atoms with Crippen LogP contribution in [0.4, 0.5) is 8.78 Å². The number of halogens is 2. The van der Waals surface area contributed by atoms with E-state index in [0.29, 0.717) is 5.56 Å². The van der Waals surface area contributed by atoms with Crippen LogP contribution < -0.4 is 0 Å². The molecule has 0 saturated heterocycles. The second-order valence-corrected chi connectivity index (χ2v) is 4.67. The first kappa shape index (κ1) is 11.3. The van der Waals surface area contributed by atoms with Crippen LogP contribution in [0.5, 0.6) is 0 Å². The highest BCUT2D eigenvalue weighted by Gasteiger charge is 2.26. The van der Waals surface area contributed by atoms with E-state index in [9.17, 15) is 8.78 Å². The summed E-state index contributed by atoms with van der Waals surface area (Å²) in [6.45, 7) is 1.77. The lowest BCUT2D eigenvalue weighted by Crippen LogP contribution is -2.09. The molecule has 0 N–H and O–H groups in total. The molecule has 3 nitrogen and oxygen atoms in total. The van der Waals surface area contributed by atoms with Gasteiger partial charge in [-0.3, -0.25) is 9.67 Å². The molecule has 5 heteroatoms. The van der Waals surface area contributed by atoms with Crippen molar-refractivity contribution in [2.45, 2.75) is 32.2 Å². The molecule has 3 heterocycles. The molecule has 0 saturated carbocycles. The number of hydrogen-bond donors (Lipinski definition) is 0. The zero-order chi connectivity index (χ0) is 12.8. The largest absolute Gasteiger partial charge is 0.286 e. The Morgan fingerprint density at radius 3 is 2.89 bits per heavy atom. The maximum Gasteiger partial charge on any atom is 0.286 e. The summed E-state index contributed by atoms with van der Waals surface area (Å²) >= 11 is 0. The third-order valence-corrected chi connectivity index (χ3v) is 3.17. The van der Waals surface area contributed by atoms with E-state index in [2.05, 4.69) is 10.1 Å². The first-order valence-corrected chi connectivity index (χ1v) is 5.95. The summed E-state index contributed by atoms with van der Waals surface area (Å²) in [5.41, 5.74) is 2.40. The van der Waals surface area contributed by atoms with Crippen LogP contribution in [-0.2, 0) is 18.9 Å². The molecule has 0 unspecified atom stereocenters. The summed E-state index contributed by atoms with van der Waals surface area (Å²) in [5.74, 6) is -2.92. The van der Waals surface area contributed by atoms with Crippen LogP contribution in [0.15, 0.2) is 24.4 Å². The average molecular weight is 249 g/mol. The third-order valence-electron chi connectivity index (χ3n) is 3.17. The molecular weight excluding hydrogens is 236 g/mol. The normalized spacial score (nSPS) is 14.8. The lowest BCUT2D eigenvalue weighted by Gasteiger charge is -2.09. The van der Waals surface area contributed by atoms with E-state index in [1.807, 2.05) is 10.7 Å². The number of alkyl halides is 2. The molecule has 2 aromatic rings. The zero-order valence-corrected chi connectivity index (χ0v) is 10.0. The fourth-order valence-corrected chi connectivity index (χ4v) is 2.23. The Balaban J connectivity index is 2.01. The molecule has 0 aliphatic carbocycles. The highest BCUT2D eigenvalue weighted by molar-refractivity contribution is 5.59. The first-order chi connectivity index (χ1) is 8.54. The van der Waals surface area contributed by atoms with Crippen molar-refractivity contribution in [2.75, 3.05) is 0 Å². The standard InChI is InChI=1S/C13H13F2N3/c1-13(14,15)12-7-9(4-5-16-12)11-8-10-3-2-6-18(10)17-11/h4-5,7-8H,2-3,6H2,1H3. The summed E-state index contributed by atoms with van der Waals surface area (Å²) in [6.07, 6.45) is 3.53. The Morgan fingerprint density at radius 2 is 2.17 bits per heavy atom. The van der Waals surface area contributed by atoms with Crippen molar-refractivity contribution in [1.82, 2.24) is 14.8 Å². The number of fused-ring (bicyclic) bond motifs is 1. The summed E-state index contributed by atoms with van der Waals surface area (Å²) in [7, 11) is 0. The molecule has 0 spiro atoms. The maximum atomic E-state index is 13.2. The van der Waals surface area contributed by atoms with Crippen molar-refractivity contribution < 1.29 is 8.78 Å². The van der Waals surface area contributed by atoms with Crippen molar-refractivity contribution in [3.8, 4) is 11.3 Å². The molecule has 1 aliphatic rings. The Morgan fingerprint density at radius 1 is 1.33 bits per heavy atom. The van der Waals surface area contributed by atoms with Crippen LogP contribution in [0, 0.1) is 0 Å². The second-order valence-electron chi connectivity index (χ2n) is 4.67. The quantitative estimate of drug-likeness (QED) is 0.819. The van der Waals surface area contributed by atoms with Gasteiger partial charge in [-0.05, 0) is 31.0 Å². The minimum Gasteiger partial charge on any atom is -0.269 e. The first-order valence-electron chi connectivity index (χ1n) is 5.95. The molecule has 0 fully saturated rings. The van der Waals surface area contributed by atoms with Gasteiger partial charge in [0.1, 0.15) is 5.69 Å². The Labute approximate surface area is 103 Å². The van der Waals surface area contributed by atoms with Crippen molar-refractivity contribution in [3.05, 3.63) is 35.8 Å². The van der Waals surface area contributed by atoms with Gasteiger partial charge >= 0.3 is 0 Å². The highest BCUT2D eigenvalue weighted by Crippen LogP contribution is 2.29. The van der Waals surface area contributed by atoms with Gasteiger partial charge < -0.3 is 0 Å². The molecule has 0 bridgehead atoms. The van der Waals surface area contributed by atoms with Gasteiger partial charge in [0.15, 0.2) is 0 Å².